The normalized spacial score (nSPS) is 14.3. The maximum atomic E-state index is 13.4. The number of aromatic nitrogens is 2. The fourth-order valence-corrected chi connectivity index (χ4v) is 5.68. The topological polar surface area (TPSA) is 61.2 Å². The van der Waals surface area contributed by atoms with Gasteiger partial charge in [0, 0.05) is 9.90 Å². The van der Waals surface area contributed by atoms with E-state index in [0.29, 0.717) is 21.3 Å². The van der Waals surface area contributed by atoms with E-state index in [0.717, 1.165) is 29.7 Å². The first kappa shape index (κ1) is 18.5. The Balaban J connectivity index is 1.94. The molecule has 1 atom stereocenters. The molecule has 0 bridgehead atoms. The summed E-state index contributed by atoms with van der Waals surface area (Å²) in [5.41, 5.74) is 1.71. The van der Waals surface area contributed by atoms with E-state index < -0.39 is 5.25 Å². The van der Waals surface area contributed by atoms with Gasteiger partial charge in [0.15, 0.2) is 5.16 Å². The van der Waals surface area contributed by atoms with E-state index in [-0.39, 0.29) is 11.5 Å². The highest BCUT2D eigenvalue weighted by molar-refractivity contribution is 8.00. The standard InChI is InChI=1S/C19H17ClN2O3S2/c1-10(18(24)25-2)26-19-21-16-15(13-4-3-5-14(13)27-16)17(23)22(19)12-8-6-11(20)7-9-12/h6-10H,3-5H2,1-2H3/t10-/m1/s1. The van der Waals surface area contributed by atoms with Gasteiger partial charge in [-0.05, 0) is 56.0 Å². The van der Waals surface area contributed by atoms with E-state index in [2.05, 4.69) is 0 Å². The van der Waals surface area contributed by atoms with Crippen molar-refractivity contribution in [2.45, 2.75) is 36.6 Å². The number of nitrogens with zero attached hydrogens (tertiary/aromatic N) is 2. The number of hydrogen-bond acceptors (Lipinski definition) is 6. The number of ether oxygens (including phenoxy) is 1. The van der Waals surface area contributed by atoms with Gasteiger partial charge in [-0.1, -0.05) is 23.4 Å². The van der Waals surface area contributed by atoms with Crippen LogP contribution in [0.4, 0.5) is 0 Å². The van der Waals surface area contributed by atoms with Gasteiger partial charge >= 0.3 is 5.97 Å². The molecule has 0 N–H and O–H groups in total. The minimum Gasteiger partial charge on any atom is -0.468 e. The fraction of sp³-hybridized carbons (Fsp3) is 0.316. The quantitative estimate of drug-likeness (QED) is 0.359. The first-order chi connectivity index (χ1) is 13.0. The van der Waals surface area contributed by atoms with E-state index in [1.807, 2.05) is 0 Å². The number of halogens is 1. The first-order valence-corrected chi connectivity index (χ1v) is 10.6. The molecule has 0 amide bonds. The van der Waals surface area contributed by atoms with Crippen molar-refractivity contribution in [2.75, 3.05) is 7.11 Å². The van der Waals surface area contributed by atoms with Crippen LogP contribution in [0.25, 0.3) is 15.9 Å². The van der Waals surface area contributed by atoms with Gasteiger partial charge in [-0.2, -0.15) is 0 Å². The molecular formula is C19H17ClN2O3S2. The maximum absolute atomic E-state index is 13.4. The van der Waals surface area contributed by atoms with Gasteiger partial charge in [-0.3, -0.25) is 14.2 Å². The third kappa shape index (κ3) is 3.28. The van der Waals surface area contributed by atoms with Crippen molar-refractivity contribution in [1.29, 1.82) is 0 Å². The Bertz CT molecular complexity index is 1090. The smallest absolute Gasteiger partial charge is 0.318 e. The first-order valence-electron chi connectivity index (χ1n) is 8.57. The van der Waals surface area contributed by atoms with Crippen molar-refractivity contribution in [3.8, 4) is 5.69 Å². The summed E-state index contributed by atoms with van der Waals surface area (Å²) < 4.78 is 6.40. The van der Waals surface area contributed by atoms with Crippen molar-refractivity contribution in [1.82, 2.24) is 9.55 Å². The number of thioether (sulfide) groups is 1. The number of benzene rings is 1. The van der Waals surface area contributed by atoms with E-state index >= 15 is 0 Å². The summed E-state index contributed by atoms with van der Waals surface area (Å²) in [6.07, 6.45) is 2.99. The summed E-state index contributed by atoms with van der Waals surface area (Å²) >= 11 is 8.82. The molecule has 27 heavy (non-hydrogen) atoms. The highest BCUT2D eigenvalue weighted by Crippen LogP contribution is 2.36. The molecule has 8 heteroatoms. The maximum Gasteiger partial charge on any atom is 0.318 e. The van der Waals surface area contributed by atoms with Gasteiger partial charge in [-0.15, -0.1) is 11.3 Å². The third-order valence-corrected chi connectivity index (χ3v) is 7.08. The molecule has 2 heterocycles. The van der Waals surface area contributed by atoms with E-state index in [4.69, 9.17) is 21.3 Å². The summed E-state index contributed by atoms with van der Waals surface area (Å²) in [5, 5.41) is 1.30. The second-order valence-corrected chi connectivity index (χ2v) is 9.16. The molecule has 2 aromatic heterocycles. The van der Waals surface area contributed by atoms with E-state index in [1.54, 1.807) is 47.1 Å². The van der Waals surface area contributed by atoms with Crippen LogP contribution in [0, 0.1) is 0 Å². The van der Waals surface area contributed by atoms with Crippen LogP contribution in [0.2, 0.25) is 5.02 Å². The molecule has 0 radical (unpaired) electrons. The monoisotopic (exact) mass is 420 g/mol. The van der Waals surface area contributed by atoms with Gasteiger partial charge in [0.2, 0.25) is 0 Å². The Morgan fingerprint density at radius 2 is 2.07 bits per heavy atom. The summed E-state index contributed by atoms with van der Waals surface area (Å²) in [7, 11) is 1.35. The Hall–Kier alpha value is -1.83. The molecule has 4 rings (SSSR count). The Morgan fingerprint density at radius 1 is 1.33 bits per heavy atom. The summed E-state index contributed by atoms with van der Waals surface area (Å²) in [6.45, 7) is 1.74. The number of thiophene rings is 1. The van der Waals surface area contributed by atoms with E-state index in [1.165, 1.54) is 23.7 Å². The SMILES string of the molecule is COC(=O)[C@@H](C)Sc1nc2sc3c(c2c(=O)n1-c1ccc(Cl)cc1)CCC3. The Morgan fingerprint density at radius 3 is 2.78 bits per heavy atom. The lowest BCUT2D eigenvalue weighted by molar-refractivity contribution is -0.139. The van der Waals surface area contributed by atoms with Crippen molar-refractivity contribution >= 4 is 50.9 Å². The molecular weight excluding hydrogens is 404 g/mol. The molecule has 0 spiro atoms. The number of methoxy groups -OCH3 is 1. The van der Waals surface area contributed by atoms with Crippen LogP contribution in [0.1, 0.15) is 23.8 Å². The molecule has 140 valence electrons. The van der Waals surface area contributed by atoms with Crippen LogP contribution >= 0.6 is 34.7 Å². The van der Waals surface area contributed by atoms with Crippen molar-refractivity contribution in [3.05, 3.63) is 50.1 Å². The summed E-state index contributed by atoms with van der Waals surface area (Å²) in [4.78, 5) is 32.1. The molecule has 1 aromatic carbocycles. The van der Waals surface area contributed by atoms with Crippen LogP contribution in [0.5, 0.6) is 0 Å². The molecule has 0 fully saturated rings. The summed E-state index contributed by atoms with van der Waals surface area (Å²) in [5.74, 6) is -0.356. The van der Waals surface area contributed by atoms with Crippen LogP contribution < -0.4 is 5.56 Å². The number of carbonyl (C=O) groups excluding carboxylic acids is 1. The van der Waals surface area contributed by atoms with Crippen molar-refractivity contribution < 1.29 is 9.53 Å². The average Bonchev–Trinajstić information content (AvgIpc) is 3.23. The number of rotatable bonds is 4. The lowest BCUT2D eigenvalue weighted by Crippen LogP contribution is -2.24. The highest BCUT2D eigenvalue weighted by Gasteiger charge is 2.25. The molecule has 0 saturated heterocycles. The number of carbonyl (C=O) groups is 1. The zero-order valence-corrected chi connectivity index (χ0v) is 17.2. The summed E-state index contributed by atoms with van der Waals surface area (Å²) in [6, 6.07) is 7.06. The van der Waals surface area contributed by atoms with Crippen LogP contribution in [0.3, 0.4) is 0 Å². The molecule has 5 nitrogen and oxygen atoms in total. The fourth-order valence-electron chi connectivity index (χ4n) is 3.29. The average molecular weight is 421 g/mol. The molecule has 1 aliphatic rings. The zero-order valence-electron chi connectivity index (χ0n) is 14.8. The molecule has 0 saturated carbocycles. The van der Waals surface area contributed by atoms with Crippen LogP contribution in [0.15, 0.2) is 34.2 Å². The highest BCUT2D eigenvalue weighted by atomic mass is 35.5. The number of hydrogen-bond donors (Lipinski definition) is 0. The molecule has 3 aromatic rings. The van der Waals surface area contributed by atoms with Crippen molar-refractivity contribution in [2.24, 2.45) is 0 Å². The van der Waals surface area contributed by atoms with Gasteiger partial charge < -0.3 is 4.74 Å². The Labute approximate surface area is 169 Å². The van der Waals surface area contributed by atoms with E-state index in [9.17, 15) is 9.59 Å². The number of aryl methyl sites for hydroxylation is 2. The van der Waals surface area contributed by atoms with Gasteiger partial charge in [0.1, 0.15) is 10.1 Å². The molecule has 0 unspecified atom stereocenters. The lowest BCUT2D eigenvalue weighted by Gasteiger charge is -2.15. The lowest BCUT2D eigenvalue weighted by atomic mass is 10.2. The number of fused-ring (bicyclic) bond motifs is 3. The van der Waals surface area contributed by atoms with Gasteiger partial charge in [-0.25, -0.2) is 4.98 Å². The van der Waals surface area contributed by atoms with Gasteiger partial charge in [0.05, 0.1) is 18.2 Å². The minimum atomic E-state index is -0.482. The largest absolute Gasteiger partial charge is 0.468 e. The van der Waals surface area contributed by atoms with Crippen molar-refractivity contribution in [3.63, 3.8) is 0 Å². The predicted molar refractivity (Wildman–Crippen MR) is 110 cm³/mol. The predicted octanol–water partition coefficient (Wildman–Crippen LogP) is 4.24. The van der Waals surface area contributed by atoms with Crippen LogP contribution in [-0.4, -0.2) is 27.9 Å². The second kappa shape index (κ2) is 7.30. The van der Waals surface area contributed by atoms with Gasteiger partial charge in [0.25, 0.3) is 5.56 Å². The van der Waals surface area contributed by atoms with Crippen LogP contribution in [-0.2, 0) is 22.4 Å². The zero-order chi connectivity index (χ0) is 19.1. The third-order valence-electron chi connectivity index (χ3n) is 4.61. The minimum absolute atomic E-state index is 0.0960. The Kier molecular flexibility index (Phi) is 5.01. The molecule has 1 aliphatic carbocycles. The molecule has 0 aliphatic heterocycles. The second-order valence-electron chi connectivity index (χ2n) is 6.33. The number of esters is 1.